The van der Waals surface area contributed by atoms with Gasteiger partial charge in [-0.05, 0) is 54.7 Å². The second-order valence-electron chi connectivity index (χ2n) is 9.02. The number of furan rings is 1. The van der Waals surface area contributed by atoms with Crippen LogP contribution in [-0.2, 0) is 9.53 Å². The molecule has 0 saturated carbocycles. The standard InChI is InChI=1S/C30H28N4O5S/c1-4-26(35)32-21-13-12-18(17-25(21)37-2)34-28(27(33-30(34)40)22-11-7-8-16-31-22)24-15-14-23(39-24)19-9-5-6-10-20(19)29(36)38-3/h5-17,27-28H,4H2,1-3H3,(H,32,35)(H,33,40)/t27-,28+/m0/s1. The molecule has 10 heteroatoms. The number of benzene rings is 2. The van der Waals surface area contributed by atoms with Crippen LogP contribution < -0.4 is 20.3 Å². The minimum Gasteiger partial charge on any atom is -0.494 e. The van der Waals surface area contributed by atoms with Crippen LogP contribution in [0.2, 0.25) is 0 Å². The molecule has 5 rings (SSSR count). The predicted octanol–water partition coefficient (Wildman–Crippen LogP) is 5.66. The van der Waals surface area contributed by atoms with Gasteiger partial charge in [0, 0.05) is 29.9 Å². The van der Waals surface area contributed by atoms with E-state index in [9.17, 15) is 9.59 Å². The number of anilines is 2. The molecule has 0 bridgehead atoms. The molecular formula is C30H28N4O5S. The number of hydrogen-bond acceptors (Lipinski definition) is 7. The van der Waals surface area contributed by atoms with E-state index in [0.29, 0.717) is 45.6 Å². The molecule has 2 aromatic carbocycles. The topological polar surface area (TPSA) is 106 Å². The Morgan fingerprint density at radius 1 is 1.07 bits per heavy atom. The van der Waals surface area contributed by atoms with E-state index in [2.05, 4.69) is 15.6 Å². The van der Waals surface area contributed by atoms with E-state index in [0.717, 1.165) is 11.4 Å². The molecule has 0 radical (unpaired) electrons. The molecule has 1 fully saturated rings. The first kappa shape index (κ1) is 26.9. The molecule has 3 heterocycles. The van der Waals surface area contributed by atoms with E-state index in [1.54, 1.807) is 38.4 Å². The van der Waals surface area contributed by atoms with Crippen LogP contribution >= 0.6 is 12.2 Å². The molecule has 2 aromatic heterocycles. The van der Waals surface area contributed by atoms with Gasteiger partial charge >= 0.3 is 5.97 Å². The van der Waals surface area contributed by atoms with Crippen molar-refractivity contribution in [2.75, 3.05) is 24.4 Å². The van der Waals surface area contributed by atoms with Gasteiger partial charge in [0.25, 0.3) is 0 Å². The molecule has 9 nitrogen and oxygen atoms in total. The first-order valence-electron chi connectivity index (χ1n) is 12.7. The van der Waals surface area contributed by atoms with Crippen LogP contribution in [0.1, 0.15) is 47.2 Å². The lowest BCUT2D eigenvalue weighted by molar-refractivity contribution is -0.115. The van der Waals surface area contributed by atoms with E-state index in [1.807, 2.05) is 59.5 Å². The Kier molecular flexibility index (Phi) is 7.79. The normalized spacial score (nSPS) is 16.4. The smallest absolute Gasteiger partial charge is 0.338 e. The number of ether oxygens (including phenoxy) is 2. The highest BCUT2D eigenvalue weighted by Gasteiger charge is 2.43. The first-order valence-corrected chi connectivity index (χ1v) is 13.1. The first-order chi connectivity index (χ1) is 19.4. The maximum Gasteiger partial charge on any atom is 0.338 e. The van der Waals surface area contributed by atoms with Gasteiger partial charge in [0.15, 0.2) is 5.11 Å². The van der Waals surface area contributed by atoms with E-state index < -0.39 is 12.0 Å². The number of carbonyl (C=O) groups excluding carboxylic acids is 2. The van der Waals surface area contributed by atoms with Crippen LogP contribution in [0, 0.1) is 0 Å². The van der Waals surface area contributed by atoms with Gasteiger partial charge in [-0.25, -0.2) is 4.79 Å². The van der Waals surface area contributed by atoms with Crippen LogP contribution in [0.4, 0.5) is 11.4 Å². The number of thiocarbonyl (C=S) groups is 1. The summed E-state index contributed by atoms with van der Waals surface area (Å²) in [4.78, 5) is 31.0. The largest absolute Gasteiger partial charge is 0.494 e. The molecule has 40 heavy (non-hydrogen) atoms. The van der Waals surface area contributed by atoms with E-state index in [-0.39, 0.29) is 11.9 Å². The van der Waals surface area contributed by atoms with Crippen LogP contribution in [0.25, 0.3) is 11.3 Å². The molecule has 0 unspecified atom stereocenters. The zero-order chi connectivity index (χ0) is 28.2. The zero-order valence-corrected chi connectivity index (χ0v) is 23.0. The fourth-order valence-corrected chi connectivity index (χ4v) is 5.08. The maximum absolute atomic E-state index is 12.4. The number of methoxy groups -OCH3 is 2. The van der Waals surface area contributed by atoms with Crippen molar-refractivity contribution in [2.45, 2.75) is 25.4 Å². The second kappa shape index (κ2) is 11.6. The highest BCUT2D eigenvalue weighted by atomic mass is 32.1. The lowest BCUT2D eigenvalue weighted by atomic mass is 10.0. The summed E-state index contributed by atoms with van der Waals surface area (Å²) < 4.78 is 17.0. The zero-order valence-electron chi connectivity index (χ0n) is 22.2. The van der Waals surface area contributed by atoms with Gasteiger partial charge < -0.3 is 29.4 Å². The highest BCUT2D eigenvalue weighted by molar-refractivity contribution is 7.80. The number of aromatic nitrogens is 1. The van der Waals surface area contributed by atoms with Gasteiger partial charge in [-0.1, -0.05) is 31.2 Å². The molecule has 1 amide bonds. The van der Waals surface area contributed by atoms with Crippen molar-refractivity contribution in [2.24, 2.45) is 0 Å². The van der Waals surface area contributed by atoms with Gasteiger partial charge in [-0.15, -0.1) is 0 Å². The Bertz CT molecular complexity index is 1550. The Morgan fingerprint density at radius 2 is 1.88 bits per heavy atom. The molecule has 0 aliphatic carbocycles. The quantitative estimate of drug-likeness (QED) is 0.210. The van der Waals surface area contributed by atoms with Crippen LogP contribution in [0.3, 0.4) is 0 Å². The van der Waals surface area contributed by atoms with Gasteiger partial charge in [0.1, 0.15) is 23.3 Å². The van der Waals surface area contributed by atoms with Gasteiger partial charge in [-0.3, -0.25) is 9.78 Å². The maximum atomic E-state index is 12.4. The second-order valence-corrected chi connectivity index (χ2v) is 9.41. The van der Waals surface area contributed by atoms with Crippen LogP contribution in [0.15, 0.2) is 83.4 Å². The summed E-state index contributed by atoms with van der Waals surface area (Å²) in [5.74, 6) is 1.05. The number of nitrogens with one attached hydrogen (secondary N) is 2. The van der Waals surface area contributed by atoms with Gasteiger partial charge in [-0.2, -0.15) is 0 Å². The lowest BCUT2D eigenvalue weighted by Crippen LogP contribution is -2.29. The van der Waals surface area contributed by atoms with Gasteiger partial charge in [0.05, 0.1) is 37.2 Å². The molecular weight excluding hydrogens is 528 g/mol. The van der Waals surface area contributed by atoms with E-state index in [4.69, 9.17) is 26.1 Å². The van der Waals surface area contributed by atoms with Crippen LogP contribution in [0.5, 0.6) is 5.75 Å². The lowest BCUT2D eigenvalue weighted by Gasteiger charge is -2.27. The molecule has 204 valence electrons. The minimum absolute atomic E-state index is 0.118. The van der Waals surface area contributed by atoms with Crippen molar-refractivity contribution >= 4 is 40.6 Å². The molecule has 1 aliphatic heterocycles. The molecule has 2 N–H and O–H groups in total. The third kappa shape index (κ3) is 5.13. The number of amides is 1. The van der Waals surface area contributed by atoms with E-state index >= 15 is 0 Å². The van der Waals surface area contributed by atoms with Crippen molar-refractivity contribution in [3.63, 3.8) is 0 Å². The number of rotatable bonds is 8. The monoisotopic (exact) mass is 556 g/mol. The Labute approximate surface area is 237 Å². The number of nitrogens with zero attached hydrogens (tertiary/aromatic N) is 2. The molecule has 1 aliphatic rings. The average molecular weight is 557 g/mol. The fourth-order valence-electron chi connectivity index (χ4n) is 4.74. The Morgan fingerprint density at radius 3 is 2.60 bits per heavy atom. The molecule has 1 saturated heterocycles. The van der Waals surface area contributed by atoms with Crippen molar-refractivity contribution in [3.05, 3.63) is 96.0 Å². The Balaban J connectivity index is 1.59. The summed E-state index contributed by atoms with van der Waals surface area (Å²) in [5, 5.41) is 6.73. The van der Waals surface area contributed by atoms with Crippen molar-refractivity contribution in [1.29, 1.82) is 0 Å². The number of carbonyl (C=O) groups is 2. The minimum atomic E-state index is -0.451. The fraction of sp³-hybridized carbons (Fsp3) is 0.200. The van der Waals surface area contributed by atoms with Gasteiger partial charge in [0.2, 0.25) is 5.91 Å². The number of hydrogen-bond donors (Lipinski definition) is 2. The van der Waals surface area contributed by atoms with Crippen molar-refractivity contribution in [1.82, 2.24) is 10.3 Å². The summed E-state index contributed by atoms with van der Waals surface area (Å²) >= 11 is 5.82. The summed E-state index contributed by atoms with van der Waals surface area (Å²) in [6.07, 6.45) is 2.08. The predicted molar refractivity (Wildman–Crippen MR) is 155 cm³/mol. The summed E-state index contributed by atoms with van der Waals surface area (Å²) in [6.45, 7) is 1.79. The van der Waals surface area contributed by atoms with E-state index in [1.165, 1.54) is 7.11 Å². The third-order valence-corrected chi connectivity index (χ3v) is 6.99. The summed E-state index contributed by atoms with van der Waals surface area (Å²) in [5.41, 5.74) is 3.10. The summed E-state index contributed by atoms with van der Waals surface area (Å²) in [6, 6.07) is 21.2. The van der Waals surface area contributed by atoms with Crippen LogP contribution in [-0.4, -0.2) is 36.2 Å². The number of pyridine rings is 1. The summed E-state index contributed by atoms with van der Waals surface area (Å²) in [7, 11) is 2.90. The number of esters is 1. The third-order valence-electron chi connectivity index (χ3n) is 6.67. The Hall–Kier alpha value is -4.70. The van der Waals surface area contributed by atoms with Crippen molar-refractivity contribution in [3.8, 4) is 17.1 Å². The molecule has 4 aromatic rings. The van der Waals surface area contributed by atoms with Crippen molar-refractivity contribution < 1.29 is 23.5 Å². The highest BCUT2D eigenvalue weighted by Crippen LogP contribution is 2.44. The average Bonchev–Trinajstić information content (AvgIpc) is 3.62. The SMILES string of the molecule is CCC(=O)Nc1ccc(N2C(=S)N[C@@H](c3ccccn3)[C@H]2c2ccc(-c3ccccc3C(=O)OC)o2)cc1OC. The molecule has 2 atom stereocenters. The molecule has 0 spiro atoms.